The van der Waals surface area contributed by atoms with Gasteiger partial charge in [0.05, 0.1) is 38.5 Å². The molecule has 2 aliphatic rings. The minimum Gasteiger partial charge on any atom is -0.377 e. The molecule has 0 aromatic rings. The smallest absolute Gasteiger partial charge is 0.210 e. The lowest BCUT2D eigenvalue weighted by Crippen LogP contribution is -2.58. The maximum atomic E-state index is 10.6. The van der Waals surface area contributed by atoms with Gasteiger partial charge in [0.25, 0.3) is 0 Å². The molecule has 0 radical (unpaired) electrons. The second-order valence-corrected chi connectivity index (χ2v) is 2.94. The Morgan fingerprint density at radius 3 is 1.82 bits per heavy atom. The topological polar surface area (TPSA) is 38.8 Å². The molecule has 0 atom stereocenters. The number of carbonyl (C=O) groups is 1. The lowest BCUT2D eigenvalue weighted by molar-refractivity contribution is -0.156. The van der Waals surface area contributed by atoms with Crippen LogP contribution in [0.15, 0.2) is 0 Å². The fourth-order valence-electron chi connectivity index (χ4n) is 1.59. The number of morpholine rings is 2. The highest BCUT2D eigenvalue weighted by atomic mass is 16.5. The van der Waals surface area contributed by atoms with E-state index >= 15 is 0 Å². The van der Waals surface area contributed by atoms with E-state index in [2.05, 4.69) is 0 Å². The number of rotatable bonds is 1. The molecule has 2 rings (SSSR count). The molecule has 2 fully saturated rings. The van der Waals surface area contributed by atoms with Gasteiger partial charge in [-0.05, 0) is 0 Å². The number of fused-ring (bicyclic) bond motifs is 2. The first kappa shape index (κ1) is 7.06. The van der Waals surface area contributed by atoms with Gasteiger partial charge < -0.3 is 14.4 Å². The summed E-state index contributed by atoms with van der Waals surface area (Å²) in [5.74, 6) is 0. The third-order valence-corrected chi connectivity index (χ3v) is 2.21. The summed E-state index contributed by atoms with van der Waals surface area (Å²) in [5, 5.41) is 0. The normalized spacial score (nSPS) is 36.9. The average Bonchev–Trinajstić information content (AvgIpc) is 2.03. The van der Waals surface area contributed by atoms with Crippen molar-refractivity contribution >= 4 is 6.41 Å². The van der Waals surface area contributed by atoms with Crippen molar-refractivity contribution in [2.45, 2.75) is 12.1 Å². The molecule has 0 aromatic carbocycles. The lowest BCUT2D eigenvalue weighted by Gasteiger charge is -2.43. The molecule has 0 unspecified atom stereocenters. The highest BCUT2D eigenvalue weighted by Crippen LogP contribution is 2.16. The van der Waals surface area contributed by atoms with Gasteiger partial charge in [0.2, 0.25) is 6.41 Å². The molecule has 4 nitrogen and oxygen atoms in total. The predicted octanol–water partition coefficient (Wildman–Crippen LogP) is -0.758. The van der Waals surface area contributed by atoms with Crippen LogP contribution in [0, 0.1) is 0 Å². The molecule has 0 aliphatic carbocycles. The fourth-order valence-corrected chi connectivity index (χ4v) is 1.59. The average molecular weight is 157 g/mol. The number of carbonyl (C=O) groups excluding carboxylic acids is 1. The molecular formula is C7H11NO3. The Balaban J connectivity index is 2.10. The molecule has 0 aromatic heterocycles. The number of hydrogen-bond donors (Lipinski definition) is 0. The minimum atomic E-state index is 0.153. The summed E-state index contributed by atoms with van der Waals surface area (Å²) in [6.45, 7) is 2.48. The minimum absolute atomic E-state index is 0.153. The summed E-state index contributed by atoms with van der Waals surface area (Å²) >= 11 is 0. The van der Waals surface area contributed by atoms with E-state index in [4.69, 9.17) is 9.47 Å². The Morgan fingerprint density at radius 1 is 1.09 bits per heavy atom. The first-order valence-corrected chi connectivity index (χ1v) is 3.80. The van der Waals surface area contributed by atoms with Crippen molar-refractivity contribution in [3.05, 3.63) is 0 Å². The van der Waals surface area contributed by atoms with Crippen LogP contribution in [0.3, 0.4) is 0 Å². The maximum Gasteiger partial charge on any atom is 0.210 e. The van der Waals surface area contributed by atoms with Gasteiger partial charge in [0.1, 0.15) is 0 Å². The standard InChI is InChI=1S/C7H11NO3/c9-5-8-6-1-10-3-7(8)4-11-2-6/h5-7H,1-4H2. The van der Waals surface area contributed by atoms with Gasteiger partial charge in [0, 0.05) is 0 Å². The van der Waals surface area contributed by atoms with Crippen molar-refractivity contribution in [1.82, 2.24) is 4.90 Å². The summed E-state index contributed by atoms with van der Waals surface area (Å²) in [6, 6.07) is 0.306. The van der Waals surface area contributed by atoms with Crippen LogP contribution < -0.4 is 0 Å². The van der Waals surface area contributed by atoms with Crippen molar-refractivity contribution in [3.63, 3.8) is 0 Å². The summed E-state index contributed by atoms with van der Waals surface area (Å²) < 4.78 is 10.6. The second-order valence-electron chi connectivity index (χ2n) is 2.94. The lowest BCUT2D eigenvalue weighted by atomic mass is 10.1. The summed E-state index contributed by atoms with van der Waals surface area (Å²) in [6.07, 6.45) is 0.903. The van der Waals surface area contributed by atoms with E-state index in [-0.39, 0.29) is 12.1 Å². The van der Waals surface area contributed by atoms with E-state index in [0.717, 1.165) is 6.41 Å². The molecule has 11 heavy (non-hydrogen) atoms. The first-order valence-electron chi connectivity index (χ1n) is 3.80. The molecule has 2 aliphatic heterocycles. The van der Waals surface area contributed by atoms with E-state index in [1.54, 1.807) is 0 Å². The first-order chi connectivity index (χ1) is 5.42. The molecule has 2 bridgehead atoms. The molecule has 62 valence electrons. The monoisotopic (exact) mass is 157 g/mol. The molecule has 0 N–H and O–H groups in total. The van der Waals surface area contributed by atoms with Crippen LogP contribution in [-0.4, -0.2) is 49.8 Å². The van der Waals surface area contributed by atoms with E-state index in [0.29, 0.717) is 26.4 Å². The van der Waals surface area contributed by atoms with Crippen LogP contribution in [0.5, 0.6) is 0 Å². The van der Waals surface area contributed by atoms with E-state index in [9.17, 15) is 4.79 Å². The predicted molar refractivity (Wildman–Crippen MR) is 37.1 cm³/mol. The molecule has 2 saturated heterocycles. The van der Waals surface area contributed by atoms with Crippen LogP contribution in [0.25, 0.3) is 0 Å². The molecule has 0 spiro atoms. The van der Waals surface area contributed by atoms with Crippen molar-refractivity contribution in [1.29, 1.82) is 0 Å². The van der Waals surface area contributed by atoms with Crippen LogP contribution in [0.2, 0.25) is 0 Å². The number of ether oxygens (including phenoxy) is 2. The van der Waals surface area contributed by atoms with Crippen LogP contribution >= 0.6 is 0 Å². The Kier molecular flexibility index (Phi) is 1.79. The number of nitrogens with zero attached hydrogens (tertiary/aromatic N) is 1. The van der Waals surface area contributed by atoms with Crippen molar-refractivity contribution in [3.8, 4) is 0 Å². The van der Waals surface area contributed by atoms with Gasteiger partial charge in [-0.15, -0.1) is 0 Å². The number of amides is 1. The van der Waals surface area contributed by atoms with Crippen LogP contribution in [-0.2, 0) is 14.3 Å². The Bertz CT molecular complexity index is 140. The van der Waals surface area contributed by atoms with E-state index < -0.39 is 0 Å². The molecule has 4 heteroatoms. The summed E-state index contributed by atoms with van der Waals surface area (Å²) in [5.41, 5.74) is 0. The highest BCUT2D eigenvalue weighted by molar-refractivity contribution is 5.49. The van der Waals surface area contributed by atoms with Gasteiger partial charge in [-0.3, -0.25) is 4.79 Å². The Hall–Kier alpha value is -0.610. The zero-order valence-electron chi connectivity index (χ0n) is 6.23. The zero-order valence-corrected chi connectivity index (χ0v) is 6.23. The third-order valence-electron chi connectivity index (χ3n) is 2.21. The fraction of sp³-hybridized carbons (Fsp3) is 0.857. The zero-order chi connectivity index (χ0) is 7.68. The third kappa shape index (κ3) is 1.12. The van der Waals surface area contributed by atoms with E-state index in [1.165, 1.54) is 0 Å². The van der Waals surface area contributed by atoms with Gasteiger partial charge in [0.15, 0.2) is 0 Å². The second kappa shape index (κ2) is 2.79. The maximum absolute atomic E-state index is 10.6. The van der Waals surface area contributed by atoms with Crippen molar-refractivity contribution in [2.75, 3.05) is 26.4 Å². The van der Waals surface area contributed by atoms with Gasteiger partial charge in [-0.1, -0.05) is 0 Å². The molecule has 2 heterocycles. The van der Waals surface area contributed by atoms with Gasteiger partial charge in [-0.2, -0.15) is 0 Å². The highest BCUT2D eigenvalue weighted by Gasteiger charge is 2.34. The Labute approximate surface area is 65.1 Å². The van der Waals surface area contributed by atoms with Crippen LogP contribution in [0.4, 0.5) is 0 Å². The van der Waals surface area contributed by atoms with E-state index in [1.807, 2.05) is 4.90 Å². The summed E-state index contributed by atoms with van der Waals surface area (Å²) in [4.78, 5) is 12.4. The largest absolute Gasteiger partial charge is 0.377 e. The van der Waals surface area contributed by atoms with Crippen LogP contribution in [0.1, 0.15) is 0 Å². The van der Waals surface area contributed by atoms with Crippen molar-refractivity contribution < 1.29 is 14.3 Å². The quantitative estimate of drug-likeness (QED) is 0.470. The molecule has 0 saturated carbocycles. The van der Waals surface area contributed by atoms with Gasteiger partial charge in [-0.25, -0.2) is 0 Å². The van der Waals surface area contributed by atoms with Gasteiger partial charge >= 0.3 is 0 Å². The Morgan fingerprint density at radius 2 is 1.55 bits per heavy atom. The SMILES string of the molecule is O=CN1C2COCC1COC2. The molecular weight excluding hydrogens is 146 g/mol. The van der Waals surface area contributed by atoms with Crippen molar-refractivity contribution in [2.24, 2.45) is 0 Å². The molecule has 1 amide bonds. The summed E-state index contributed by atoms with van der Waals surface area (Å²) in [7, 11) is 0. The number of hydrogen-bond acceptors (Lipinski definition) is 3.